The van der Waals surface area contributed by atoms with Crippen molar-refractivity contribution in [2.75, 3.05) is 27.9 Å². The third-order valence-electron chi connectivity index (χ3n) is 4.46. The number of methoxy groups -OCH3 is 2. The SMILES string of the molecule is CCCC1CCC[Si](CCO)(OC)C1(OC)OC. The van der Waals surface area contributed by atoms with Gasteiger partial charge in [0.25, 0.3) is 8.32 Å². The standard InChI is InChI=1S/C13H28O4Si/c1-5-7-12-8-6-10-18(17-4,11-9-14)13(12,15-2)16-3/h12,14H,5-11H2,1-4H3. The smallest absolute Gasteiger partial charge is 0.259 e. The van der Waals surface area contributed by atoms with Gasteiger partial charge in [-0.3, -0.25) is 0 Å². The largest absolute Gasteiger partial charge is 0.414 e. The lowest BCUT2D eigenvalue weighted by atomic mass is 9.96. The van der Waals surface area contributed by atoms with Crippen LogP contribution < -0.4 is 0 Å². The Bertz CT molecular complexity index is 239. The summed E-state index contributed by atoms with van der Waals surface area (Å²) in [5.74, 6) is 0.379. The number of ether oxygens (including phenoxy) is 2. The van der Waals surface area contributed by atoms with Gasteiger partial charge in [-0.1, -0.05) is 19.8 Å². The van der Waals surface area contributed by atoms with Crippen molar-refractivity contribution in [3.63, 3.8) is 0 Å². The van der Waals surface area contributed by atoms with Gasteiger partial charge in [0.05, 0.1) is 0 Å². The van der Waals surface area contributed by atoms with Crippen LogP contribution in [0, 0.1) is 5.92 Å². The molecule has 2 atom stereocenters. The van der Waals surface area contributed by atoms with E-state index in [-0.39, 0.29) is 6.61 Å². The molecule has 0 saturated carbocycles. The Morgan fingerprint density at radius 2 is 1.94 bits per heavy atom. The topological polar surface area (TPSA) is 47.9 Å². The molecule has 0 aromatic carbocycles. The second-order valence-electron chi connectivity index (χ2n) is 5.13. The van der Waals surface area contributed by atoms with E-state index in [1.807, 2.05) is 0 Å². The van der Waals surface area contributed by atoms with E-state index in [1.54, 1.807) is 21.3 Å². The summed E-state index contributed by atoms with van der Waals surface area (Å²) in [7, 11) is 2.96. The number of hydrogen-bond donors (Lipinski definition) is 1. The zero-order valence-electron chi connectivity index (χ0n) is 12.2. The van der Waals surface area contributed by atoms with Gasteiger partial charge < -0.3 is 19.0 Å². The zero-order valence-corrected chi connectivity index (χ0v) is 13.2. The van der Waals surface area contributed by atoms with Gasteiger partial charge in [0.2, 0.25) is 0 Å². The van der Waals surface area contributed by atoms with Crippen molar-refractivity contribution < 1.29 is 19.0 Å². The lowest BCUT2D eigenvalue weighted by molar-refractivity contribution is -0.203. The fourth-order valence-corrected chi connectivity index (χ4v) is 8.22. The van der Waals surface area contributed by atoms with Gasteiger partial charge in [-0.05, 0) is 24.9 Å². The molecule has 0 aliphatic carbocycles. The molecule has 1 aliphatic heterocycles. The number of hydrogen-bond acceptors (Lipinski definition) is 4. The molecule has 2 unspecified atom stereocenters. The third-order valence-corrected chi connectivity index (χ3v) is 9.52. The molecule has 0 aromatic rings. The molecule has 0 radical (unpaired) electrons. The molecule has 4 nitrogen and oxygen atoms in total. The minimum Gasteiger partial charge on any atom is -0.414 e. The zero-order chi connectivity index (χ0) is 13.6. The van der Waals surface area contributed by atoms with Gasteiger partial charge in [0.15, 0.2) is 5.41 Å². The molecule has 0 spiro atoms. The number of rotatable bonds is 7. The molecule has 5 heteroatoms. The Labute approximate surface area is 112 Å². The Morgan fingerprint density at radius 3 is 2.39 bits per heavy atom. The van der Waals surface area contributed by atoms with E-state index >= 15 is 0 Å². The first-order chi connectivity index (χ1) is 8.66. The summed E-state index contributed by atoms with van der Waals surface area (Å²) in [6, 6.07) is 1.69. The highest BCUT2D eigenvalue weighted by atomic mass is 28.4. The van der Waals surface area contributed by atoms with Gasteiger partial charge in [-0.15, -0.1) is 0 Å². The van der Waals surface area contributed by atoms with E-state index in [9.17, 15) is 5.11 Å². The molecule has 18 heavy (non-hydrogen) atoms. The fraction of sp³-hybridized carbons (Fsp3) is 1.00. The van der Waals surface area contributed by atoms with Crippen LogP contribution in [0.4, 0.5) is 0 Å². The van der Waals surface area contributed by atoms with Crippen molar-refractivity contribution in [2.24, 2.45) is 5.92 Å². The van der Waals surface area contributed by atoms with E-state index in [0.717, 1.165) is 31.7 Å². The van der Waals surface area contributed by atoms with E-state index in [2.05, 4.69) is 6.92 Å². The van der Waals surface area contributed by atoms with Crippen LogP contribution in [0.2, 0.25) is 12.1 Å². The molecule has 0 amide bonds. The molecule has 1 N–H and O–H groups in total. The van der Waals surface area contributed by atoms with Gasteiger partial charge in [0, 0.05) is 33.9 Å². The van der Waals surface area contributed by atoms with Crippen molar-refractivity contribution in [1.82, 2.24) is 0 Å². The first-order valence-corrected chi connectivity index (χ1v) is 9.25. The first-order valence-electron chi connectivity index (χ1n) is 6.92. The van der Waals surface area contributed by atoms with Crippen molar-refractivity contribution in [3.8, 4) is 0 Å². The molecule has 1 aliphatic rings. The first kappa shape index (κ1) is 16.1. The maximum Gasteiger partial charge on any atom is 0.259 e. The minimum absolute atomic E-state index is 0.146. The highest BCUT2D eigenvalue weighted by molar-refractivity contribution is 6.76. The van der Waals surface area contributed by atoms with Crippen LogP contribution in [-0.2, 0) is 13.9 Å². The van der Waals surface area contributed by atoms with Crippen molar-refractivity contribution >= 4 is 8.32 Å². The molecule has 0 aromatic heterocycles. The lowest BCUT2D eigenvalue weighted by Gasteiger charge is -2.52. The summed E-state index contributed by atoms with van der Waals surface area (Å²) in [6.45, 7) is 2.33. The van der Waals surface area contributed by atoms with Crippen LogP contribution in [0.5, 0.6) is 0 Å². The van der Waals surface area contributed by atoms with Gasteiger partial charge in [0.1, 0.15) is 0 Å². The average molecular weight is 276 g/mol. The molecular formula is C13H28O4Si. The van der Waals surface area contributed by atoms with Gasteiger partial charge in [-0.25, -0.2) is 0 Å². The summed E-state index contributed by atoms with van der Waals surface area (Å²) in [6.07, 6.45) is 4.48. The van der Waals surface area contributed by atoms with E-state index < -0.39 is 13.7 Å². The summed E-state index contributed by atoms with van der Waals surface area (Å²) >= 11 is 0. The van der Waals surface area contributed by atoms with Crippen LogP contribution in [0.15, 0.2) is 0 Å². The van der Waals surface area contributed by atoms with Crippen LogP contribution in [0.3, 0.4) is 0 Å². The minimum atomic E-state index is -2.23. The molecule has 1 heterocycles. The lowest BCUT2D eigenvalue weighted by Crippen LogP contribution is -2.68. The van der Waals surface area contributed by atoms with E-state index in [0.29, 0.717) is 12.0 Å². The predicted molar refractivity (Wildman–Crippen MR) is 73.8 cm³/mol. The monoisotopic (exact) mass is 276 g/mol. The number of aliphatic hydroxyl groups excluding tert-OH is 1. The van der Waals surface area contributed by atoms with Crippen molar-refractivity contribution in [3.05, 3.63) is 0 Å². The van der Waals surface area contributed by atoms with Gasteiger partial charge in [-0.2, -0.15) is 0 Å². The fourth-order valence-electron chi connectivity index (χ4n) is 3.67. The third kappa shape index (κ3) is 2.51. The Balaban J connectivity index is 3.11. The van der Waals surface area contributed by atoms with E-state index in [4.69, 9.17) is 13.9 Å². The molecular weight excluding hydrogens is 248 g/mol. The molecule has 1 rings (SSSR count). The summed E-state index contributed by atoms with van der Waals surface area (Å²) in [5.41, 5.74) is -0.598. The summed E-state index contributed by atoms with van der Waals surface area (Å²) < 4.78 is 17.6. The molecule has 0 bridgehead atoms. The predicted octanol–water partition coefficient (Wildman–Crippen LogP) is 2.31. The van der Waals surface area contributed by atoms with Gasteiger partial charge >= 0.3 is 0 Å². The maximum atomic E-state index is 9.40. The van der Waals surface area contributed by atoms with Crippen LogP contribution >= 0.6 is 0 Å². The second kappa shape index (κ2) is 7.00. The van der Waals surface area contributed by atoms with Crippen LogP contribution in [0.1, 0.15) is 32.6 Å². The maximum absolute atomic E-state index is 9.40. The Hall–Kier alpha value is 0.0569. The molecule has 108 valence electrons. The second-order valence-corrected chi connectivity index (χ2v) is 9.22. The van der Waals surface area contributed by atoms with Crippen LogP contribution in [0.25, 0.3) is 0 Å². The summed E-state index contributed by atoms with van der Waals surface area (Å²) in [4.78, 5) is 0. The molecule has 1 saturated heterocycles. The van der Waals surface area contributed by atoms with E-state index in [1.165, 1.54) is 0 Å². The van der Waals surface area contributed by atoms with Crippen LogP contribution in [-0.4, -0.2) is 46.8 Å². The highest BCUT2D eigenvalue weighted by Crippen LogP contribution is 2.47. The Morgan fingerprint density at radius 1 is 1.28 bits per heavy atom. The Kier molecular flexibility index (Phi) is 6.27. The van der Waals surface area contributed by atoms with Crippen molar-refractivity contribution in [1.29, 1.82) is 0 Å². The summed E-state index contributed by atoms with van der Waals surface area (Å²) in [5, 5.41) is 9.40. The molecule has 1 fully saturated rings. The number of aliphatic hydroxyl groups is 1. The highest BCUT2D eigenvalue weighted by Gasteiger charge is 2.61. The normalized spacial score (nSPS) is 31.5. The quantitative estimate of drug-likeness (QED) is 0.572. The average Bonchev–Trinajstić information content (AvgIpc) is 2.40. The van der Waals surface area contributed by atoms with Crippen molar-refractivity contribution in [2.45, 2.75) is 50.1 Å².